The molecule has 1 aliphatic heterocycles. The molecule has 1 atom stereocenters. The summed E-state index contributed by atoms with van der Waals surface area (Å²) < 4.78 is 4.93. The van der Waals surface area contributed by atoms with Crippen LogP contribution in [0.5, 0.6) is 0 Å². The van der Waals surface area contributed by atoms with Gasteiger partial charge in [0.2, 0.25) is 0 Å². The largest absolute Gasteiger partial charge is 0.389 e. The molecule has 6 heteroatoms. The number of β-amino-alcohol motifs (C(OH)–C–C–N with tert-alkyl or cyclic N) is 1. The van der Waals surface area contributed by atoms with Crippen molar-refractivity contribution in [3.05, 3.63) is 11.6 Å². The van der Waals surface area contributed by atoms with E-state index >= 15 is 0 Å². The molecule has 1 N–H and O–H groups in total. The second kappa shape index (κ2) is 6.30. The van der Waals surface area contributed by atoms with Gasteiger partial charge in [-0.05, 0) is 0 Å². The fourth-order valence-corrected chi connectivity index (χ4v) is 2.73. The minimum Gasteiger partial charge on any atom is -0.389 e. The van der Waals surface area contributed by atoms with E-state index in [1.165, 1.54) is 0 Å². The van der Waals surface area contributed by atoms with Crippen LogP contribution in [-0.4, -0.2) is 67.5 Å². The standard InChI is InChI=1S/C11H19N3O2S/c1-16-9-10(15)8-13-3-5-14(6-4-13)11-12-2-7-17-11/h2,7,10,15H,3-6,8-9H2,1H3. The predicted molar refractivity (Wildman–Crippen MR) is 68.6 cm³/mol. The fourth-order valence-electron chi connectivity index (χ4n) is 2.04. The van der Waals surface area contributed by atoms with Gasteiger partial charge in [0, 0.05) is 51.4 Å². The number of aliphatic hydroxyl groups is 1. The SMILES string of the molecule is COCC(O)CN1CCN(c2nccs2)CC1. The van der Waals surface area contributed by atoms with Crippen molar-refractivity contribution < 1.29 is 9.84 Å². The Bertz CT molecular complexity index is 313. The molecule has 0 saturated carbocycles. The Balaban J connectivity index is 1.74. The Morgan fingerprint density at radius 3 is 2.82 bits per heavy atom. The van der Waals surface area contributed by atoms with Gasteiger partial charge in [-0.3, -0.25) is 4.90 Å². The van der Waals surface area contributed by atoms with E-state index in [1.54, 1.807) is 18.4 Å². The molecule has 17 heavy (non-hydrogen) atoms. The molecule has 1 unspecified atom stereocenters. The van der Waals surface area contributed by atoms with Crippen molar-refractivity contribution in [1.82, 2.24) is 9.88 Å². The van der Waals surface area contributed by atoms with Gasteiger partial charge in [0.1, 0.15) is 0 Å². The minimum absolute atomic E-state index is 0.383. The summed E-state index contributed by atoms with van der Waals surface area (Å²) in [5.74, 6) is 0. The molecule has 1 saturated heterocycles. The molecule has 0 aliphatic carbocycles. The van der Waals surface area contributed by atoms with Gasteiger partial charge in [-0.2, -0.15) is 0 Å². The molecule has 1 aromatic rings. The maximum atomic E-state index is 9.66. The number of piperazine rings is 1. The third-order valence-corrected chi connectivity index (χ3v) is 3.72. The number of anilines is 1. The summed E-state index contributed by atoms with van der Waals surface area (Å²) in [7, 11) is 1.61. The number of rotatable bonds is 5. The van der Waals surface area contributed by atoms with E-state index in [-0.39, 0.29) is 6.10 Å². The number of hydrogen-bond donors (Lipinski definition) is 1. The van der Waals surface area contributed by atoms with Crippen LogP contribution in [0.15, 0.2) is 11.6 Å². The van der Waals surface area contributed by atoms with Crippen LogP contribution in [0.4, 0.5) is 5.13 Å². The van der Waals surface area contributed by atoms with Crippen LogP contribution in [0.1, 0.15) is 0 Å². The van der Waals surface area contributed by atoms with Crippen molar-refractivity contribution in [2.45, 2.75) is 6.10 Å². The van der Waals surface area contributed by atoms with Crippen molar-refractivity contribution in [1.29, 1.82) is 0 Å². The third-order valence-electron chi connectivity index (χ3n) is 2.89. The van der Waals surface area contributed by atoms with Crippen LogP contribution < -0.4 is 4.90 Å². The molecule has 2 heterocycles. The first kappa shape index (κ1) is 12.8. The number of hydrogen-bond acceptors (Lipinski definition) is 6. The normalized spacial score (nSPS) is 19.5. The molecule has 1 fully saturated rings. The Labute approximate surface area is 106 Å². The maximum absolute atomic E-state index is 9.66. The number of ether oxygens (including phenoxy) is 1. The van der Waals surface area contributed by atoms with Gasteiger partial charge < -0.3 is 14.7 Å². The van der Waals surface area contributed by atoms with Crippen molar-refractivity contribution in [2.75, 3.05) is 51.3 Å². The number of aliphatic hydroxyl groups excluding tert-OH is 1. The Kier molecular flexibility index (Phi) is 4.73. The molecule has 0 amide bonds. The molecule has 0 radical (unpaired) electrons. The highest BCUT2D eigenvalue weighted by Crippen LogP contribution is 2.18. The van der Waals surface area contributed by atoms with Crippen molar-refractivity contribution >= 4 is 16.5 Å². The zero-order valence-corrected chi connectivity index (χ0v) is 10.9. The topological polar surface area (TPSA) is 48.8 Å². The second-order valence-electron chi connectivity index (χ2n) is 4.21. The Morgan fingerprint density at radius 1 is 1.47 bits per heavy atom. The number of nitrogens with zero attached hydrogens (tertiary/aromatic N) is 3. The van der Waals surface area contributed by atoms with Gasteiger partial charge in [0.05, 0.1) is 12.7 Å². The Hall–Kier alpha value is -0.690. The van der Waals surface area contributed by atoms with Crippen LogP contribution in [0.3, 0.4) is 0 Å². The van der Waals surface area contributed by atoms with Gasteiger partial charge >= 0.3 is 0 Å². The molecule has 2 rings (SSSR count). The first-order valence-electron chi connectivity index (χ1n) is 5.83. The van der Waals surface area contributed by atoms with E-state index in [4.69, 9.17) is 4.74 Å². The van der Waals surface area contributed by atoms with E-state index in [0.717, 1.165) is 31.3 Å². The molecule has 0 aromatic carbocycles. The quantitative estimate of drug-likeness (QED) is 0.820. The zero-order valence-electron chi connectivity index (χ0n) is 10.1. The summed E-state index contributed by atoms with van der Waals surface area (Å²) in [6.45, 7) is 5.01. The van der Waals surface area contributed by atoms with Gasteiger partial charge in [-0.15, -0.1) is 11.3 Å². The number of methoxy groups -OCH3 is 1. The lowest BCUT2D eigenvalue weighted by Crippen LogP contribution is -2.49. The van der Waals surface area contributed by atoms with E-state index in [9.17, 15) is 5.11 Å². The second-order valence-corrected chi connectivity index (χ2v) is 5.08. The van der Waals surface area contributed by atoms with Crippen LogP contribution in [-0.2, 0) is 4.74 Å². The molecule has 1 aromatic heterocycles. The third kappa shape index (κ3) is 3.64. The van der Waals surface area contributed by atoms with Gasteiger partial charge in [-0.25, -0.2) is 4.98 Å². The monoisotopic (exact) mass is 257 g/mol. The molecule has 5 nitrogen and oxygen atoms in total. The molecule has 1 aliphatic rings. The van der Waals surface area contributed by atoms with Gasteiger partial charge in [0.15, 0.2) is 5.13 Å². The van der Waals surface area contributed by atoms with E-state index < -0.39 is 0 Å². The van der Waals surface area contributed by atoms with Crippen molar-refractivity contribution in [2.24, 2.45) is 0 Å². The summed E-state index contributed by atoms with van der Waals surface area (Å²) in [5, 5.41) is 12.8. The number of thiazole rings is 1. The van der Waals surface area contributed by atoms with Gasteiger partial charge in [0.25, 0.3) is 0 Å². The summed E-state index contributed by atoms with van der Waals surface area (Å²) in [6, 6.07) is 0. The van der Waals surface area contributed by atoms with Crippen molar-refractivity contribution in [3.8, 4) is 0 Å². The molecule has 0 spiro atoms. The highest BCUT2D eigenvalue weighted by atomic mass is 32.1. The summed E-state index contributed by atoms with van der Waals surface area (Å²) in [4.78, 5) is 8.88. The van der Waals surface area contributed by atoms with E-state index in [2.05, 4.69) is 14.8 Å². The molecular formula is C11H19N3O2S. The smallest absolute Gasteiger partial charge is 0.185 e. The first-order valence-corrected chi connectivity index (χ1v) is 6.71. The average molecular weight is 257 g/mol. The lowest BCUT2D eigenvalue weighted by Gasteiger charge is -2.35. The highest BCUT2D eigenvalue weighted by Gasteiger charge is 2.20. The average Bonchev–Trinajstić information content (AvgIpc) is 2.84. The predicted octanol–water partition coefficient (Wildman–Crippen LogP) is 0.272. The highest BCUT2D eigenvalue weighted by molar-refractivity contribution is 7.13. The maximum Gasteiger partial charge on any atom is 0.185 e. The molecular weight excluding hydrogens is 238 g/mol. The molecule has 0 bridgehead atoms. The summed E-state index contributed by atoms with van der Waals surface area (Å²) in [5.41, 5.74) is 0. The Morgan fingerprint density at radius 2 is 2.24 bits per heavy atom. The van der Waals surface area contributed by atoms with E-state index in [1.807, 2.05) is 11.6 Å². The molecule has 96 valence electrons. The van der Waals surface area contributed by atoms with Crippen LogP contribution in [0.25, 0.3) is 0 Å². The fraction of sp³-hybridized carbons (Fsp3) is 0.727. The van der Waals surface area contributed by atoms with Gasteiger partial charge in [-0.1, -0.05) is 0 Å². The van der Waals surface area contributed by atoms with Crippen LogP contribution in [0, 0.1) is 0 Å². The minimum atomic E-state index is -0.383. The lowest BCUT2D eigenvalue weighted by atomic mass is 10.3. The lowest BCUT2D eigenvalue weighted by molar-refractivity contribution is 0.0365. The van der Waals surface area contributed by atoms with E-state index in [0.29, 0.717) is 13.2 Å². The summed E-state index contributed by atoms with van der Waals surface area (Å²) >= 11 is 1.68. The summed E-state index contributed by atoms with van der Waals surface area (Å²) in [6.07, 6.45) is 1.46. The zero-order chi connectivity index (χ0) is 12.1. The number of aromatic nitrogens is 1. The van der Waals surface area contributed by atoms with Crippen molar-refractivity contribution in [3.63, 3.8) is 0 Å². The van der Waals surface area contributed by atoms with Crippen LogP contribution in [0.2, 0.25) is 0 Å². The van der Waals surface area contributed by atoms with Crippen LogP contribution >= 0.6 is 11.3 Å². The first-order chi connectivity index (χ1) is 8.29.